The van der Waals surface area contributed by atoms with Crippen LogP contribution < -0.4 is 10.6 Å². The lowest BCUT2D eigenvalue weighted by atomic mass is 9.93. The van der Waals surface area contributed by atoms with Gasteiger partial charge in [0.2, 0.25) is 0 Å². The molecule has 0 spiro atoms. The summed E-state index contributed by atoms with van der Waals surface area (Å²) < 4.78 is 37.2. The molecule has 1 heterocycles. The van der Waals surface area contributed by atoms with Gasteiger partial charge in [0, 0.05) is 26.7 Å². The number of piperidine rings is 1. The molecule has 1 rings (SSSR count). The number of rotatable bonds is 10. The highest BCUT2D eigenvalue weighted by molar-refractivity contribution is 5.79. The van der Waals surface area contributed by atoms with Gasteiger partial charge in [0.05, 0.1) is 6.54 Å². The average Bonchev–Trinajstić information content (AvgIpc) is 2.59. The van der Waals surface area contributed by atoms with Gasteiger partial charge in [0.15, 0.2) is 5.96 Å². The SMILES string of the molecule is CCCN(CC)CCNC(=NC)NCCC1CCN(CC(F)(F)F)CC1. The maximum Gasteiger partial charge on any atom is 0.401 e. The zero-order chi connectivity index (χ0) is 19.4. The van der Waals surface area contributed by atoms with Crippen molar-refractivity contribution in [3.63, 3.8) is 0 Å². The summed E-state index contributed by atoms with van der Waals surface area (Å²) in [5.41, 5.74) is 0. The summed E-state index contributed by atoms with van der Waals surface area (Å²) in [4.78, 5) is 8.15. The second kappa shape index (κ2) is 12.4. The molecule has 26 heavy (non-hydrogen) atoms. The van der Waals surface area contributed by atoms with Crippen LogP contribution in [0.4, 0.5) is 13.2 Å². The first kappa shape index (κ1) is 23.0. The molecule has 0 saturated carbocycles. The number of likely N-dealkylation sites (tertiary alicyclic amines) is 1. The smallest absolute Gasteiger partial charge is 0.356 e. The van der Waals surface area contributed by atoms with Gasteiger partial charge in [-0.15, -0.1) is 0 Å². The van der Waals surface area contributed by atoms with E-state index in [2.05, 4.69) is 34.4 Å². The summed E-state index contributed by atoms with van der Waals surface area (Å²) in [6, 6.07) is 0. The molecule has 0 amide bonds. The van der Waals surface area contributed by atoms with Crippen LogP contribution in [-0.2, 0) is 0 Å². The normalized spacial score (nSPS) is 17.7. The molecule has 8 heteroatoms. The van der Waals surface area contributed by atoms with Gasteiger partial charge >= 0.3 is 6.18 Å². The van der Waals surface area contributed by atoms with Gasteiger partial charge in [0.1, 0.15) is 0 Å². The van der Waals surface area contributed by atoms with E-state index in [1.54, 1.807) is 7.05 Å². The monoisotopic (exact) mass is 379 g/mol. The summed E-state index contributed by atoms with van der Waals surface area (Å²) in [5, 5.41) is 6.64. The first-order chi connectivity index (χ1) is 12.4. The van der Waals surface area contributed by atoms with Crippen LogP contribution in [0.2, 0.25) is 0 Å². The Bertz CT molecular complexity index is 393. The number of likely N-dealkylation sites (N-methyl/N-ethyl adjacent to an activating group) is 1. The first-order valence-corrected chi connectivity index (χ1v) is 9.83. The van der Waals surface area contributed by atoms with E-state index in [-0.39, 0.29) is 0 Å². The molecule has 0 atom stereocenters. The van der Waals surface area contributed by atoms with E-state index in [0.717, 1.165) is 64.4 Å². The van der Waals surface area contributed by atoms with E-state index in [1.165, 1.54) is 4.90 Å². The molecule has 0 aromatic rings. The van der Waals surface area contributed by atoms with Crippen LogP contribution in [0.3, 0.4) is 0 Å². The fourth-order valence-electron chi connectivity index (χ4n) is 3.38. The molecule has 5 nitrogen and oxygen atoms in total. The lowest BCUT2D eigenvalue weighted by Crippen LogP contribution is -2.43. The van der Waals surface area contributed by atoms with E-state index in [9.17, 15) is 13.2 Å². The molecule has 0 aromatic carbocycles. The molecule has 1 aliphatic heterocycles. The number of aliphatic imine (C=N–C) groups is 1. The van der Waals surface area contributed by atoms with Gasteiger partial charge in [-0.05, 0) is 57.8 Å². The molecule has 1 aliphatic rings. The highest BCUT2D eigenvalue weighted by Gasteiger charge is 2.32. The largest absolute Gasteiger partial charge is 0.401 e. The first-order valence-electron chi connectivity index (χ1n) is 9.83. The molecular formula is C18H36F3N5. The van der Waals surface area contributed by atoms with Crippen LogP contribution in [0.1, 0.15) is 39.5 Å². The minimum atomic E-state index is -4.09. The minimum absolute atomic E-state index is 0.491. The lowest BCUT2D eigenvalue weighted by Gasteiger charge is -2.32. The fraction of sp³-hybridized carbons (Fsp3) is 0.944. The van der Waals surface area contributed by atoms with Gasteiger partial charge < -0.3 is 15.5 Å². The number of halogens is 3. The molecular weight excluding hydrogens is 343 g/mol. The fourth-order valence-corrected chi connectivity index (χ4v) is 3.38. The minimum Gasteiger partial charge on any atom is -0.356 e. The molecule has 0 radical (unpaired) electrons. The lowest BCUT2D eigenvalue weighted by molar-refractivity contribution is -0.148. The van der Waals surface area contributed by atoms with E-state index in [0.29, 0.717) is 19.0 Å². The summed E-state index contributed by atoms with van der Waals surface area (Å²) in [5.74, 6) is 1.29. The van der Waals surface area contributed by atoms with Gasteiger partial charge in [0.25, 0.3) is 0 Å². The maximum absolute atomic E-state index is 12.4. The molecule has 2 N–H and O–H groups in total. The third-order valence-electron chi connectivity index (χ3n) is 4.89. The van der Waals surface area contributed by atoms with Crippen molar-refractivity contribution < 1.29 is 13.2 Å². The molecule has 1 saturated heterocycles. The number of nitrogens with one attached hydrogen (secondary N) is 2. The Balaban J connectivity index is 2.16. The quantitative estimate of drug-likeness (QED) is 0.452. The van der Waals surface area contributed by atoms with Crippen molar-refractivity contribution in [1.82, 2.24) is 20.4 Å². The number of alkyl halides is 3. The Kier molecular flexibility index (Phi) is 11.0. The maximum atomic E-state index is 12.4. The zero-order valence-electron chi connectivity index (χ0n) is 16.5. The number of hydrogen-bond acceptors (Lipinski definition) is 3. The van der Waals surface area contributed by atoms with Crippen molar-refractivity contribution in [2.75, 3.05) is 59.4 Å². The molecule has 0 aliphatic carbocycles. The van der Waals surface area contributed by atoms with Crippen molar-refractivity contribution >= 4 is 5.96 Å². The van der Waals surface area contributed by atoms with Gasteiger partial charge in [-0.25, -0.2) is 0 Å². The highest BCUT2D eigenvalue weighted by Crippen LogP contribution is 2.23. The summed E-state index contributed by atoms with van der Waals surface area (Å²) in [7, 11) is 1.76. The zero-order valence-corrected chi connectivity index (χ0v) is 16.5. The third-order valence-corrected chi connectivity index (χ3v) is 4.89. The second-order valence-electron chi connectivity index (χ2n) is 6.98. The Morgan fingerprint density at radius 2 is 1.77 bits per heavy atom. The van der Waals surface area contributed by atoms with E-state index in [1.807, 2.05) is 0 Å². The van der Waals surface area contributed by atoms with Crippen LogP contribution >= 0.6 is 0 Å². The molecule has 0 unspecified atom stereocenters. The predicted molar refractivity (Wildman–Crippen MR) is 102 cm³/mol. The van der Waals surface area contributed by atoms with Crippen LogP contribution in [0.25, 0.3) is 0 Å². The number of guanidine groups is 1. The van der Waals surface area contributed by atoms with Crippen LogP contribution in [-0.4, -0.2) is 81.3 Å². The molecule has 0 aromatic heterocycles. The Hall–Kier alpha value is -1.02. The summed E-state index contributed by atoms with van der Waals surface area (Å²) >= 11 is 0. The standard InChI is InChI=1S/C18H36F3N5/c1-4-11-25(5-2)14-10-24-17(22-3)23-9-6-16-7-12-26(13-8-16)15-18(19,20)21/h16H,4-15H2,1-3H3,(H2,22,23,24). The Morgan fingerprint density at radius 1 is 1.12 bits per heavy atom. The molecule has 1 fully saturated rings. The third kappa shape index (κ3) is 10.2. The number of nitrogens with zero attached hydrogens (tertiary/aromatic N) is 3. The van der Waals surface area contributed by atoms with Crippen molar-refractivity contribution in [2.24, 2.45) is 10.9 Å². The predicted octanol–water partition coefficient (Wildman–Crippen LogP) is 2.55. The highest BCUT2D eigenvalue weighted by atomic mass is 19.4. The Morgan fingerprint density at radius 3 is 2.31 bits per heavy atom. The van der Waals surface area contributed by atoms with Crippen molar-refractivity contribution in [3.05, 3.63) is 0 Å². The van der Waals surface area contributed by atoms with Gasteiger partial charge in [-0.2, -0.15) is 13.2 Å². The van der Waals surface area contributed by atoms with Crippen LogP contribution in [0.5, 0.6) is 0 Å². The van der Waals surface area contributed by atoms with E-state index in [4.69, 9.17) is 0 Å². The van der Waals surface area contributed by atoms with E-state index < -0.39 is 12.7 Å². The molecule has 154 valence electrons. The van der Waals surface area contributed by atoms with Gasteiger partial charge in [-0.1, -0.05) is 13.8 Å². The van der Waals surface area contributed by atoms with Crippen molar-refractivity contribution in [1.29, 1.82) is 0 Å². The van der Waals surface area contributed by atoms with Crippen molar-refractivity contribution in [2.45, 2.75) is 45.7 Å². The van der Waals surface area contributed by atoms with Crippen LogP contribution in [0, 0.1) is 5.92 Å². The average molecular weight is 380 g/mol. The summed E-state index contributed by atoms with van der Waals surface area (Å²) in [6.07, 6.45) is -0.282. The van der Waals surface area contributed by atoms with Crippen molar-refractivity contribution in [3.8, 4) is 0 Å². The van der Waals surface area contributed by atoms with Crippen LogP contribution in [0.15, 0.2) is 4.99 Å². The molecule has 0 bridgehead atoms. The Labute approximate surface area is 156 Å². The topological polar surface area (TPSA) is 42.9 Å². The second-order valence-corrected chi connectivity index (χ2v) is 6.98. The van der Waals surface area contributed by atoms with Gasteiger partial charge in [-0.3, -0.25) is 9.89 Å². The number of hydrogen-bond donors (Lipinski definition) is 2. The van der Waals surface area contributed by atoms with E-state index >= 15 is 0 Å². The summed E-state index contributed by atoms with van der Waals surface area (Å²) in [6.45, 7) is 9.46.